The van der Waals surface area contributed by atoms with Crippen LogP contribution in [0.15, 0.2) is 30.6 Å². The first-order valence-corrected chi connectivity index (χ1v) is 5.95. The van der Waals surface area contributed by atoms with Gasteiger partial charge in [-0.1, -0.05) is 11.6 Å². The molecule has 0 bridgehead atoms. The van der Waals surface area contributed by atoms with Crippen LogP contribution in [-0.2, 0) is 0 Å². The molecule has 0 aliphatic rings. The van der Waals surface area contributed by atoms with E-state index in [0.29, 0.717) is 22.3 Å². The molecule has 0 atom stereocenters. The van der Waals surface area contributed by atoms with E-state index < -0.39 is 5.91 Å². The summed E-state index contributed by atoms with van der Waals surface area (Å²) in [6.07, 6.45) is 2.74. The highest BCUT2D eigenvalue weighted by Gasteiger charge is 2.10. The van der Waals surface area contributed by atoms with Crippen molar-refractivity contribution in [1.29, 1.82) is 0 Å². The van der Waals surface area contributed by atoms with Crippen molar-refractivity contribution >= 4 is 29.0 Å². The topological polar surface area (TPSA) is 102 Å². The van der Waals surface area contributed by atoms with E-state index in [1.54, 1.807) is 18.2 Å². The summed E-state index contributed by atoms with van der Waals surface area (Å²) in [6, 6.07) is 4.89. The van der Waals surface area contributed by atoms with Gasteiger partial charge in [-0.05, 0) is 12.1 Å². The highest BCUT2D eigenvalue weighted by molar-refractivity contribution is 6.32. The third kappa shape index (κ3) is 3.14. The standard InChI is InChI=1S/C12H12ClN5O2/c1-20-10-4-7(2-3-8(10)13)16-12(19)9-5-15-6-11(17-9)18-14/h2-6H,14H2,1H3,(H,16,19)(H,17,18). The molecule has 0 saturated carbocycles. The van der Waals surface area contributed by atoms with Crippen LogP contribution in [0, 0.1) is 0 Å². The quantitative estimate of drug-likeness (QED) is 0.585. The Labute approximate surface area is 120 Å². The molecule has 1 aromatic heterocycles. The number of benzene rings is 1. The van der Waals surface area contributed by atoms with Crippen LogP contribution in [0.1, 0.15) is 10.5 Å². The number of nitrogens with two attached hydrogens (primary N) is 1. The Morgan fingerprint density at radius 1 is 1.40 bits per heavy atom. The number of hydrazine groups is 1. The minimum Gasteiger partial charge on any atom is -0.495 e. The number of nitrogen functional groups attached to an aromatic ring is 1. The van der Waals surface area contributed by atoms with Crippen LogP contribution < -0.4 is 21.3 Å². The number of hydrogen-bond acceptors (Lipinski definition) is 6. The van der Waals surface area contributed by atoms with Gasteiger partial charge in [0, 0.05) is 11.8 Å². The van der Waals surface area contributed by atoms with E-state index >= 15 is 0 Å². The zero-order chi connectivity index (χ0) is 14.5. The van der Waals surface area contributed by atoms with Crippen LogP contribution in [0.3, 0.4) is 0 Å². The first kappa shape index (κ1) is 14.0. The molecular weight excluding hydrogens is 282 g/mol. The number of ether oxygens (including phenoxy) is 1. The third-order valence-corrected chi connectivity index (χ3v) is 2.74. The summed E-state index contributed by atoms with van der Waals surface area (Å²) in [7, 11) is 1.49. The van der Waals surface area contributed by atoms with Gasteiger partial charge in [-0.2, -0.15) is 0 Å². The molecule has 1 amide bonds. The van der Waals surface area contributed by atoms with E-state index in [1.807, 2.05) is 0 Å². The van der Waals surface area contributed by atoms with Crippen LogP contribution in [0.4, 0.5) is 11.5 Å². The van der Waals surface area contributed by atoms with E-state index in [-0.39, 0.29) is 5.69 Å². The maximum atomic E-state index is 12.0. The summed E-state index contributed by atoms with van der Waals surface area (Å²) in [5.74, 6) is 5.56. The fraction of sp³-hybridized carbons (Fsp3) is 0.0833. The molecule has 0 aliphatic carbocycles. The molecule has 0 fully saturated rings. The lowest BCUT2D eigenvalue weighted by atomic mass is 10.3. The first-order chi connectivity index (χ1) is 9.63. The molecule has 1 aromatic carbocycles. The lowest BCUT2D eigenvalue weighted by Gasteiger charge is -2.08. The normalized spacial score (nSPS) is 9.95. The average Bonchev–Trinajstić information content (AvgIpc) is 2.49. The Kier molecular flexibility index (Phi) is 4.34. The van der Waals surface area contributed by atoms with Gasteiger partial charge in [0.2, 0.25) is 0 Å². The number of rotatable bonds is 4. The van der Waals surface area contributed by atoms with Gasteiger partial charge < -0.3 is 15.5 Å². The molecule has 4 N–H and O–H groups in total. The predicted octanol–water partition coefficient (Wildman–Crippen LogP) is 1.68. The number of aromatic nitrogens is 2. The van der Waals surface area contributed by atoms with Crippen molar-refractivity contribution in [1.82, 2.24) is 9.97 Å². The third-order valence-electron chi connectivity index (χ3n) is 2.42. The van der Waals surface area contributed by atoms with Crippen LogP contribution >= 0.6 is 11.6 Å². The summed E-state index contributed by atoms with van der Waals surface area (Å²) >= 11 is 5.91. The molecule has 0 radical (unpaired) electrons. The predicted molar refractivity (Wildman–Crippen MR) is 75.8 cm³/mol. The van der Waals surface area contributed by atoms with Gasteiger partial charge in [-0.15, -0.1) is 0 Å². The zero-order valence-corrected chi connectivity index (χ0v) is 11.3. The lowest BCUT2D eigenvalue weighted by molar-refractivity contribution is 0.102. The van der Waals surface area contributed by atoms with Gasteiger partial charge in [-0.3, -0.25) is 9.78 Å². The fourth-order valence-electron chi connectivity index (χ4n) is 1.48. The second kappa shape index (κ2) is 6.18. The number of methoxy groups -OCH3 is 1. The van der Waals surface area contributed by atoms with Crippen LogP contribution in [0.25, 0.3) is 0 Å². The van der Waals surface area contributed by atoms with Gasteiger partial charge in [0.1, 0.15) is 11.4 Å². The van der Waals surface area contributed by atoms with E-state index in [0.717, 1.165) is 0 Å². The smallest absolute Gasteiger partial charge is 0.275 e. The van der Waals surface area contributed by atoms with Gasteiger partial charge in [0.15, 0.2) is 5.82 Å². The summed E-state index contributed by atoms with van der Waals surface area (Å²) in [5, 5.41) is 3.12. The van der Waals surface area contributed by atoms with Crippen molar-refractivity contribution in [3.8, 4) is 5.75 Å². The van der Waals surface area contributed by atoms with Crippen molar-refractivity contribution in [2.45, 2.75) is 0 Å². The SMILES string of the molecule is COc1cc(NC(=O)c2cncc(NN)n2)ccc1Cl. The van der Waals surface area contributed by atoms with E-state index in [4.69, 9.17) is 22.2 Å². The number of halogens is 1. The number of nitrogens with one attached hydrogen (secondary N) is 2. The number of nitrogens with zero attached hydrogens (tertiary/aromatic N) is 2. The van der Waals surface area contributed by atoms with Gasteiger partial charge in [0.05, 0.1) is 24.5 Å². The monoisotopic (exact) mass is 293 g/mol. The number of carbonyl (C=O) groups is 1. The Morgan fingerprint density at radius 3 is 2.90 bits per heavy atom. The number of hydrogen-bond donors (Lipinski definition) is 3. The second-order valence-electron chi connectivity index (χ2n) is 3.74. The first-order valence-electron chi connectivity index (χ1n) is 5.57. The maximum absolute atomic E-state index is 12.0. The lowest BCUT2D eigenvalue weighted by Crippen LogP contribution is -2.16. The van der Waals surface area contributed by atoms with E-state index in [2.05, 4.69) is 20.7 Å². The van der Waals surface area contributed by atoms with Gasteiger partial charge >= 0.3 is 0 Å². The highest BCUT2D eigenvalue weighted by Crippen LogP contribution is 2.27. The average molecular weight is 294 g/mol. The van der Waals surface area contributed by atoms with Crippen molar-refractivity contribution < 1.29 is 9.53 Å². The Bertz CT molecular complexity index is 635. The number of anilines is 2. The molecule has 8 heteroatoms. The summed E-state index contributed by atoms with van der Waals surface area (Å²) < 4.78 is 5.07. The molecule has 0 unspecified atom stereocenters. The molecule has 7 nitrogen and oxygen atoms in total. The van der Waals surface area contributed by atoms with Crippen LogP contribution in [-0.4, -0.2) is 23.0 Å². The molecule has 0 spiro atoms. The molecule has 2 aromatic rings. The van der Waals surface area contributed by atoms with Gasteiger partial charge in [-0.25, -0.2) is 10.8 Å². The van der Waals surface area contributed by atoms with Crippen molar-refractivity contribution in [2.24, 2.45) is 5.84 Å². The molecule has 0 saturated heterocycles. The highest BCUT2D eigenvalue weighted by atomic mass is 35.5. The molecule has 20 heavy (non-hydrogen) atoms. The van der Waals surface area contributed by atoms with Crippen LogP contribution in [0.5, 0.6) is 5.75 Å². The number of carbonyl (C=O) groups excluding carboxylic acids is 1. The Balaban J connectivity index is 2.18. The minimum absolute atomic E-state index is 0.134. The summed E-state index contributed by atoms with van der Waals surface area (Å²) in [4.78, 5) is 19.8. The zero-order valence-electron chi connectivity index (χ0n) is 10.6. The molecular formula is C12H12ClN5O2. The van der Waals surface area contributed by atoms with Gasteiger partial charge in [0.25, 0.3) is 5.91 Å². The van der Waals surface area contributed by atoms with E-state index in [9.17, 15) is 4.79 Å². The molecule has 1 heterocycles. The second-order valence-corrected chi connectivity index (χ2v) is 4.14. The fourth-order valence-corrected chi connectivity index (χ4v) is 1.67. The maximum Gasteiger partial charge on any atom is 0.275 e. The van der Waals surface area contributed by atoms with Crippen molar-refractivity contribution in [3.05, 3.63) is 41.3 Å². The van der Waals surface area contributed by atoms with Crippen molar-refractivity contribution in [2.75, 3.05) is 17.9 Å². The molecule has 2 rings (SSSR count). The summed E-state index contributed by atoms with van der Waals surface area (Å²) in [6.45, 7) is 0. The Hall–Kier alpha value is -2.38. The Morgan fingerprint density at radius 2 is 2.20 bits per heavy atom. The minimum atomic E-state index is -0.418. The molecule has 0 aliphatic heterocycles. The number of amides is 1. The largest absolute Gasteiger partial charge is 0.495 e. The summed E-state index contributed by atoms with van der Waals surface area (Å²) in [5.41, 5.74) is 2.99. The molecule has 104 valence electrons. The van der Waals surface area contributed by atoms with E-state index in [1.165, 1.54) is 19.5 Å². The van der Waals surface area contributed by atoms with Crippen molar-refractivity contribution in [3.63, 3.8) is 0 Å². The van der Waals surface area contributed by atoms with Crippen LogP contribution in [0.2, 0.25) is 5.02 Å².